The molecule has 8 heteroatoms. The van der Waals surface area contributed by atoms with Gasteiger partial charge in [0, 0.05) is 31.0 Å². The number of aromatic nitrogens is 3. The number of ether oxygens (including phenoxy) is 1. The number of aryl methyl sites for hydroxylation is 1. The van der Waals surface area contributed by atoms with Crippen LogP contribution in [0.15, 0.2) is 42.6 Å². The first kappa shape index (κ1) is 19.9. The summed E-state index contributed by atoms with van der Waals surface area (Å²) in [5.41, 5.74) is 2.92. The number of benzene rings is 1. The summed E-state index contributed by atoms with van der Waals surface area (Å²) in [7, 11) is 0. The van der Waals surface area contributed by atoms with Crippen molar-refractivity contribution >= 4 is 28.9 Å². The van der Waals surface area contributed by atoms with E-state index in [0.717, 1.165) is 29.8 Å². The van der Waals surface area contributed by atoms with Crippen LogP contribution in [0.5, 0.6) is 0 Å². The number of carbonyl (C=O) groups is 2. The minimum atomic E-state index is -0.366. The molecule has 1 aliphatic heterocycles. The van der Waals surface area contributed by atoms with Gasteiger partial charge in [0.2, 0.25) is 0 Å². The highest BCUT2D eigenvalue weighted by molar-refractivity contribution is 5.92. The van der Waals surface area contributed by atoms with Crippen LogP contribution in [-0.4, -0.2) is 51.1 Å². The second-order valence-electron chi connectivity index (χ2n) is 7.32. The molecule has 8 nitrogen and oxygen atoms in total. The van der Waals surface area contributed by atoms with Gasteiger partial charge in [-0.1, -0.05) is 0 Å². The number of esters is 1. The first-order valence-electron chi connectivity index (χ1n) is 10.2. The average Bonchev–Trinajstić information content (AvgIpc) is 3.10. The van der Waals surface area contributed by atoms with Crippen molar-refractivity contribution < 1.29 is 14.3 Å². The molecule has 156 valence electrons. The van der Waals surface area contributed by atoms with Crippen molar-refractivity contribution in [3.8, 4) is 0 Å². The van der Waals surface area contributed by atoms with Crippen molar-refractivity contribution in [2.75, 3.05) is 25.0 Å². The number of fused-ring (bicyclic) bond motifs is 1. The molecule has 2 amide bonds. The number of pyridine rings is 1. The molecule has 1 fully saturated rings. The number of hydrogen-bond donors (Lipinski definition) is 1. The highest BCUT2D eigenvalue weighted by atomic mass is 16.5. The minimum Gasteiger partial charge on any atom is -0.462 e. The van der Waals surface area contributed by atoms with Gasteiger partial charge in [-0.25, -0.2) is 19.6 Å². The van der Waals surface area contributed by atoms with Crippen LogP contribution < -0.4 is 5.32 Å². The van der Waals surface area contributed by atoms with Gasteiger partial charge < -0.3 is 19.5 Å². The first-order chi connectivity index (χ1) is 14.6. The van der Waals surface area contributed by atoms with Crippen molar-refractivity contribution in [1.82, 2.24) is 19.4 Å². The number of likely N-dealkylation sites (tertiary alicyclic amines) is 1. The molecule has 0 spiro atoms. The van der Waals surface area contributed by atoms with E-state index in [4.69, 9.17) is 4.74 Å². The van der Waals surface area contributed by atoms with Gasteiger partial charge in [0.25, 0.3) is 0 Å². The van der Waals surface area contributed by atoms with Gasteiger partial charge in [-0.15, -0.1) is 0 Å². The SMILES string of the molecule is CCOC(=O)c1ccc(NC(=O)N2CCC(n3c(C)nc4cccnc43)CC2)cc1. The Morgan fingerprint density at radius 3 is 2.60 bits per heavy atom. The molecule has 1 aromatic carbocycles. The van der Waals surface area contributed by atoms with Gasteiger partial charge in [0.1, 0.15) is 11.3 Å². The van der Waals surface area contributed by atoms with E-state index in [1.807, 2.05) is 24.0 Å². The van der Waals surface area contributed by atoms with E-state index < -0.39 is 0 Å². The third kappa shape index (κ3) is 3.98. The van der Waals surface area contributed by atoms with E-state index in [2.05, 4.69) is 19.9 Å². The lowest BCUT2D eigenvalue weighted by Crippen LogP contribution is -2.41. The molecule has 4 rings (SSSR count). The average molecular weight is 407 g/mol. The van der Waals surface area contributed by atoms with Crippen LogP contribution in [-0.2, 0) is 4.74 Å². The maximum absolute atomic E-state index is 12.7. The summed E-state index contributed by atoms with van der Waals surface area (Å²) in [6.45, 7) is 5.41. The number of nitrogens with zero attached hydrogens (tertiary/aromatic N) is 4. The van der Waals surface area contributed by atoms with E-state index in [-0.39, 0.29) is 18.0 Å². The van der Waals surface area contributed by atoms with Crippen LogP contribution in [0.3, 0.4) is 0 Å². The number of carbonyl (C=O) groups excluding carboxylic acids is 2. The summed E-state index contributed by atoms with van der Waals surface area (Å²) >= 11 is 0. The monoisotopic (exact) mass is 407 g/mol. The molecule has 1 aliphatic rings. The zero-order chi connectivity index (χ0) is 21.1. The summed E-state index contributed by atoms with van der Waals surface area (Å²) in [5, 5.41) is 2.90. The predicted octanol–water partition coefficient (Wildman–Crippen LogP) is 3.79. The fraction of sp³-hybridized carbons (Fsp3) is 0.364. The molecule has 1 saturated heterocycles. The van der Waals surface area contributed by atoms with Gasteiger partial charge in [-0.05, 0) is 63.1 Å². The summed E-state index contributed by atoms with van der Waals surface area (Å²) in [6.07, 6.45) is 3.48. The zero-order valence-electron chi connectivity index (χ0n) is 17.2. The van der Waals surface area contributed by atoms with Crippen molar-refractivity contribution in [3.63, 3.8) is 0 Å². The van der Waals surface area contributed by atoms with E-state index in [1.54, 1.807) is 37.4 Å². The van der Waals surface area contributed by atoms with E-state index in [0.29, 0.717) is 30.9 Å². The minimum absolute atomic E-state index is 0.136. The smallest absolute Gasteiger partial charge is 0.338 e. The van der Waals surface area contributed by atoms with Crippen molar-refractivity contribution in [1.29, 1.82) is 0 Å². The Morgan fingerprint density at radius 1 is 1.17 bits per heavy atom. The number of anilines is 1. The van der Waals surface area contributed by atoms with E-state index >= 15 is 0 Å². The van der Waals surface area contributed by atoms with Crippen LogP contribution in [0.2, 0.25) is 0 Å². The van der Waals surface area contributed by atoms with Crippen molar-refractivity contribution in [2.24, 2.45) is 0 Å². The number of urea groups is 1. The maximum Gasteiger partial charge on any atom is 0.338 e. The Balaban J connectivity index is 1.36. The van der Waals surface area contributed by atoms with Crippen LogP contribution in [0, 0.1) is 6.92 Å². The molecule has 0 saturated carbocycles. The summed E-state index contributed by atoms with van der Waals surface area (Å²) < 4.78 is 7.17. The molecule has 0 atom stereocenters. The number of hydrogen-bond acceptors (Lipinski definition) is 5. The van der Waals surface area contributed by atoms with E-state index in [1.165, 1.54) is 0 Å². The molecule has 2 aromatic heterocycles. The summed E-state index contributed by atoms with van der Waals surface area (Å²) in [4.78, 5) is 35.3. The number of imidazole rings is 1. The molecule has 0 radical (unpaired) electrons. The van der Waals surface area contributed by atoms with Crippen LogP contribution >= 0.6 is 0 Å². The molecule has 0 aliphatic carbocycles. The fourth-order valence-electron chi connectivity index (χ4n) is 3.91. The lowest BCUT2D eigenvalue weighted by Gasteiger charge is -2.33. The molecule has 30 heavy (non-hydrogen) atoms. The first-order valence-corrected chi connectivity index (χ1v) is 10.2. The molecule has 3 aromatic rings. The van der Waals surface area contributed by atoms with Gasteiger partial charge >= 0.3 is 12.0 Å². The number of amides is 2. The second kappa shape index (κ2) is 8.52. The summed E-state index contributed by atoms with van der Waals surface area (Å²) in [5.74, 6) is 0.586. The number of nitrogens with one attached hydrogen (secondary N) is 1. The van der Waals surface area contributed by atoms with Crippen LogP contribution in [0.1, 0.15) is 42.0 Å². The standard InChI is InChI=1S/C22H25N5O3/c1-3-30-21(28)16-6-8-17(9-7-16)25-22(29)26-13-10-18(11-14-26)27-15(2)24-19-5-4-12-23-20(19)27/h4-9,12,18H,3,10-11,13-14H2,1-2H3,(H,25,29). The topological polar surface area (TPSA) is 89.4 Å². The van der Waals surface area contributed by atoms with Crippen molar-refractivity contribution in [3.05, 3.63) is 54.0 Å². The fourth-order valence-corrected chi connectivity index (χ4v) is 3.91. The van der Waals surface area contributed by atoms with Gasteiger partial charge in [0.05, 0.1) is 12.2 Å². The van der Waals surface area contributed by atoms with Gasteiger partial charge in [0.15, 0.2) is 5.65 Å². The second-order valence-corrected chi connectivity index (χ2v) is 7.32. The quantitative estimate of drug-likeness (QED) is 0.665. The molecule has 0 bridgehead atoms. The third-order valence-electron chi connectivity index (χ3n) is 5.39. The third-order valence-corrected chi connectivity index (χ3v) is 5.39. The Labute approximate surface area is 174 Å². The number of rotatable bonds is 4. The lowest BCUT2D eigenvalue weighted by molar-refractivity contribution is 0.0526. The van der Waals surface area contributed by atoms with Crippen LogP contribution in [0.4, 0.5) is 10.5 Å². The van der Waals surface area contributed by atoms with Gasteiger partial charge in [-0.3, -0.25) is 0 Å². The molecule has 1 N–H and O–H groups in total. The Bertz CT molecular complexity index is 1050. The highest BCUT2D eigenvalue weighted by Gasteiger charge is 2.26. The zero-order valence-corrected chi connectivity index (χ0v) is 17.2. The molecular weight excluding hydrogens is 382 g/mol. The molecular formula is C22H25N5O3. The van der Waals surface area contributed by atoms with Crippen LogP contribution in [0.25, 0.3) is 11.2 Å². The maximum atomic E-state index is 12.7. The molecule has 3 heterocycles. The van der Waals surface area contributed by atoms with Crippen molar-refractivity contribution in [2.45, 2.75) is 32.7 Å². The Kier molecular flexibility index (Phi) is 5.65. The van der Waals surface area contributed by atoms with Gasteiger partial charge in [-0.2, -0.15) is 0 Å². The lowest BCUT2D eigenvalue weighted by atomic mass is 10.0. The van der Waals surface area contributed by atoms with E-state index in [9.17, 15) is 9.59 Å². The summed E-state index contributed by atoms with van der Waals surface area (Å²) in [6, 6.07) is 10.7. The largest absolute Gasteiger partial charge is 0.462 e. The predicted molar refractivity (Wildman–Crippen MR) is 114 cm³/mol. The Morgan fingerprint density at radius 2 is 1.90 bits per heavy atom. The Hall–Kier alpha value is -3.42. The molecule has 0 unspecified atom stereocenters. The normalized spacial score (nSPS) is 14.7. The number of piperidine rings is 1. The highest BCUT2D eigenvalue weighted by Crippen LogP contribution is 2.28.